The average molecular weight is 257 g/mol. The molecular formula is C11H19N3O2S. The van der Waals surface area contributed by atoms with Crippen molar-refractivity contribution >= 4 is 22.5 Å². The predicted molar refractivity (Wildman–Crippen MR) is 69.3 cm³/mol. The lowest BCUT2D eigenvalue weighted by atomic mass is 10.0. The van der Waals surface area contributed by atoms with Crippen molar-refractivity contribution in [3.05, 3.63) is 11.1 Å². The third-order valence-electron chi connectivity index (χ3n) is 2.15. The number of carbonyl (C=O) groups is 1. The van der Waals surface area contributed by atoms with Gasteiger partial charge < -0.3 is 10.4 Å². The van der Waals surface area contributed by atoms with E-state index in [0.29, 0.717) is 11.0 Å². The standard InChI is InChI=1S/C11H19N3O2S/c1-7(2)4-9(5-15)13-10(16)14-11-12-8(3)6-17-11/h6-7,9,15H,4-5H2,1-3H3,(H2,12,13,14,16). The first-order chi connectivity index (χ1) is 8.01. The number of aliphatic hydroxyl groups excluding tert-OH is 1. The van der Waals surface area contributed by atoms with Crippen LogP contribution >= 0.6 is 11.3 Å². The fourth-order valence-electron chi connectivity index (χ4n) is 1.48. The van der Waals surface area contributed by atoms with Crippen molar-refractivity contribution in [1.29, 1.82) is 0 Å². The van der Waals surface area contributed by atoms with Gasteiger partial charge in [0.25, 0.3) is 0 Å². The number of hydrogen-bond acceptors (Lipinski definition) is 4. The van der Waals surface area contributed by atoms with E-state index in [1.54, 1.807) is 0 Å². The van der Waals surface area contributed by atoms with Gasteiger partial charge in [0.15, 0.2) is 5.13 Å². The van der Waals surface area contributed by atoms with E-state index in [1.807, 2.05) is 26.2 Å². The highest BCUT2D eigenvalue weighted by molar-refractivity contribution is 7.13. The summed E-state index contributed by atoms with van der Waals surface area (Å²) in [6.45, 7) is 5.91. The number of thiazole rings is 1. The summed E-state index contributed by atoms with van der Waals surface area (Å²) in [5.41, 5.74) is 0.881. The maximum Gasteiger partial charge on any atom is 0.321 e. The molecule has 0 saturated carbocycles. The Kier molecular flexibility index (Phi) is 5.37. The Bertz CT molecular complexity index is 365. The van der Waals surface area contributed by atoms with Crippen LogP contribution in [0.25, 0.3) is 0 Å². The molecule has 0 saturated heterocycles. The van der Waals surface area contributed by atoms with Crippen LogP contribution in [0.2, 0.25) is 0 Å². The van der Waals surface area contributed by atoms with Crippen LogP contribution in [-0.4, -0.2) is 28.8 Å². The molecule has 0 aliphatic heterocycles. The minimum atomic E-state index is -0.320. The van der Waals surface area contributed by atoms with Crippen molar-refractivity contribution in [2.24, 2.45) is 5.92 Å². The second kappa shape index (κ2) is 6.56. The lowest BCUT2D eigenvalue weighted by Gasteiger charge is -2.17. The quantitative estimate of drug-likeness (QED) is 0.755. The molecule has 0 aliphatic carbocycles. The first kappa shape index (κ1) is 13.9. The molecule has 0 radical (unpaired) electrons. The van der Waals surface area contributed by atoms with Crippen LogP contribution in [0.1, 0.15) is 26.0 Å². The highest BCUT2D eigenvalue weighted by Gasteiger charge is 2.13. The minimum absolute atomic E-state index is 0.0531. The number of urea groups is 1. The van der Waals surface area contributed by atoms with Gasteiger partial charge in [-0.3, -0.25) is 5.32 Å². The molecule has 0 aromatic carbocycles. The fraction of sp³-hybridized carbons (Fsp3) is 0.636. The zero-order valence-corrected chi connectivity index (χ0v) is 11.2. The summed E-state index contributed by atoms with van der Waals surface area (Å²) in [6.07, 6.45) is 0.751. The first-order valence-electron chi connectivity index (χ1n) is 5.61. The molecule has 0 spiro atoms. The molecule has 5 nitrogen and oxygen atoms in total. The molecule has 1 heterocycles. The van der Waals surface area contributed by atoms with Gasteiger partial charge in [0.05, 0.1) is 18.3 Å². The van der Waals surface area contributed by atoms with E-state index in [0.717, 1.165) is 12.1 Å². The summed E-state index contributed by atoms with van der Waals surface area (Å²) >= 11 is 1.38. The van der Waals surface area contributed by atoms with E-state index in [4.69, 9.17) is 5.11 Å². The number of anilines is 1. The summed E-state index contributed by atoms with van der Waals surface area (Å²) in [4.78, 5) is 15.7. The Morgan fingerprint density at radius 2 is 2.29 bits per heavy atom. The van der Waals surface area contributed by atoms with Crippen LogP contribution in [0, 0.1) is 12.8 Å². The molecule has 1 aromatic rings. The van der Waals surface area contributed by atoms with Crippen molar-refractivity contribution in [2.75, 3.05) is 11.9 Å². The number of carbonyl (C=O) groups excluding carboxylic acids is 1. The Labute approximate surface area is 105 Å². The van der Waals surface area contributed by atoms with E-state index in [-0.39, 0.29) is 18.7 Å². The molecule has 1 rings (SSSR count). The van der Waals surface area contributed by atoms with Crippen molar-refractivity contribution < 1.29 is 9.90 Å². The zero-order valence-electron chi connectivity index (χ0n) is 10.4. The number of aromatic nitrogens is 1. The molecule has 6 heteroatoms. The molecule has 17 heavy (non-hydrogen) atoms. The second-order valence-corrected chi connectivity index (χ2v) is 5.26. The molecule has 2 amide bonds. The van der Waals surface area contributed by atoms with Crippen LogP contribution in [0.3, 0.4) is 0 Å². The number of hydrogen-bond donors (Lipinski definition) is 3. The lowest BCUT2D eigenvalue weighted by Crippen LogP contribution is -2.40. The molecule has 0 aliphatic rings. The molecular weight excluding hydrogens is 238 g/mol. The highest BCUT2D eigenvalue weighted by atomic mass is 32.1. The van der Waals surface area contributed by atoms with Crippen molar-refractivity contribution in [1.82, 2.24) is 10.3 Å². The van der Waals surface area contributed by atoms with Crippen LogP contribution < -0.4 is 10.6 Å². The molecule has 1 aromatic heterocycles. The van der Waals surface area contributed by atoms with Gasteiger partial charge >= 0.3 is 6.03 Å². The van der Waals surface area contributed by atoms with Gasteiger partial charge in [-0.05, 0) is 19.3 Å². The first-order valence-corrected chi connectivity index (χ1v) is 6.49. The van der Waals surface area contributed by atoms with Gasteiger partial charge in [-0.2, -0.15) is 0 Å². The van der Waals surface area contributed by atoms with Gasteiger partial charge in [0.1, 0.15) is 0 Å². The predicted octanol–water partition coefficient (Wildman–Crippen LogP) is 1.98. The zero-order chi connectivity index (χ0) is 12.8. The maximum atomic E-state index is 11.6. The summed E-state index contributed by atoms with van der Waals surface area (Å²) in [7, 11) is 0. The van der Waals surface area contributed by atoms with Crippen molar-refractivity contribution in [2.45, 2.75) is 33.2 Å². The maximum absolute atomic E-state index is 11.6. The number of aryl methyl sites for hydroxylation is 1. The number of rotatable bonds is 5. The minimum Gasteiger partial charge on any atom is -0.394 e. The number of nitrogens with zero attached hydrogens (tertiary/aromatic N) is 1. The summed E-state index contributed by atoms with van der Waals surface area (Å²) in [5, 5.41) is 16.9. The Morgan fingerprint density at radius 3 is 2.76 bits per heavy atom. The lowest BCUT2D eigenvalue weighted by molar-refractivity contribution is 0.214. The summed E-state index contributed by atoms with van der Waals surface area (Å²) < 4.78 is 0. The molecule has 0 fully saturated rings. The molecule has 96 valence electrons. The van der Waals surface area contributed by atoms with Gasteiger partial charge in [0.2, 0.25) is 0 Å². The monoisotopic (exact) mass is 257 g/mol. The fourth-order valence-corrected chi connectivity index (χ4v) is 2.16. The Balaban J connectivity index is 2.42. The summed E-state index contributed by atoms with van der Waals surface area (Å²) in [6, 6.07) is -0.532. The van der Waals surface area contributed by atoms with Gasteiger partial charge in [0, 0.05) is 5.38 Å². The summed E-state index contributed by atoms with van der Waals surface area (Å²) in [5.74, 6) is 0.426. The second-order valence-electron chi connectivity index (χ2n) is 4.40. The molecule has 1 atom stereocenters. The SMILES string of the molecule is Cc1csc(NC(=O)NC(CO)CC(C)C)n1. The molecule has 0 bridgehead atoms. The van der Waals surface area contributed by atoms with E-state index < -0.39 is 0 Å². The van der Waals surface area contributed by atoms with E-state index in [2.05, 4.69) is 15.6 Å². The van der Waals surface area contributed by atoms with Crippen molar-refractivity contribution in [3.63, 3.8) is 0 Å². The van der Waals surface area contributed by atoms with Crippen LogP contribution in [0.5, 0.6) is 0 Å². The van der Waals surface area contributed by atoms with Crippen LogP contribution in [-0.2, 0) is 0 Å². The average Bonchev–Trinajstić information content (AvgIpc) is 2.62. The van der Waals surface area contributed by atoms with E-state index >= 15 is 0 Å². The Hall–Kier alpha value is -1.14. The van der Waals surface area contributed by atoms with Crippen molar-refractivity contribution in [3.8, 4) is 0 Å². The highest BCUT2D eigenvalue weighted by Crippen LogP contribution is 2.14. The largest absolute Gasteiger partial charge is 0.394 e. The van der Waals surface area contributed by atoms with Crippen LogP contribution in [0.4, 0.5) is 9.93 Å². The Morgan fingerprint density at radius 1 is 1.59 bits per heavy atom. The number of nitrogens with one attached hydrogen (secondary N) is 2. The van der Waals surface area contributed by atoms with Gasteiger partial charge in [-0.1, -0.05) is 13.8 Å². The van der Waals surface area contributed by atoms with Crippen LogP contribution in [0.15, 0.2) is 5.38 Å². The van der Waals surface area contributed by atoms with E-state index in [9.17, 15) is 4.79 Å². The third kappa shape index (κ3) is 5.14. The van der Waals surface area contributed by atoms with Gasteiger partial charge in [-0.25, -0.2) is 9.78 Å². The smallest absolute Gasteiger partial charge is 0.321 e. The topological polar surface area (TPSA) is 74.2 Å². The third-order valence-corrected chi connectivity index (χ3v) is 3.03. The molecule has 1 unspecified atom stereocenters. The van der Waals surface area contributed by atoms with Gasteiger partial charge in [-0.15, -0.1) is 11.3 Å². The number of aliphatic hydroxyl groups is 1. The number of amides is 2. The van der Waals surface area contributed by atoms with E-state index in [1.165, 1.54) is 11.3 Å². The normalized spacial score (nSPS) is 12.5. The molecule has 3 N–H and O–H groups in total.